The highest BCUT2D eigenvalue weighted by atomic mass is 16.4. The van der Waals surface area contributed by atoms with Crippen molar-refractivity contribution in [3.05, 3.63) is 65.7 Å². The minimum absolute atomic E-state index is 0.417. The van der Waals surface area contributed by atoms with Gasteiger partial charge in [-0.25, -0.2) is 4.79 Å². The van der Waals surface area contributed by atoms with Crippen LogP contribution >= 0.6 is 0 Å². The zero-order valence-corrected chi connectivity index (χ0v) is 15.5. The summed E-state index contributed by atoms with van der Waals surface area (Å²) in [7, 11) is 0. The SMILES string of the molecule is CCCCCCC(=C(C)C(=O)O)c1ccc(N=Nc2ccccc2)cc1. The van der Waals surface area contributed by atoms with Crippen LogP contribution in [0.2, 0.25) is 0 Å². The molecule has 136 valence electrons. The first-order chi connectivity index (χ1) is 12.6. The number of azo groups is 1. The van der Waals surface area contributed by atoms with Crippen molar-refractivity contribution in [2.45, 2.75) is 46.0 Å². The summed E-state index contributed by atoms with van der Waals surface area (Å²) < 4.78 is 0. The van der Waals surface area contributed by atoms with Crippen molar-refractivity contribution in [3.8, 4) is 0 Å². The Bertz CT molecular complexity index is 762. The van der Waals surface area contributed by atoms with Gasteiger partial charge in [0.1, 0.15) is 0 Å². The maximum atomic E-state index is 11.4. The average Bonchev–Trinajstić information content (AvgIpc) is 2.67. The normalized spacial score (nSPS) is 12.2. The third kappa shape index (κ3) is 5.96. The summed E-state index contributed by atoms with van der Waals surface area (Å²) in [5.74, 6) is -0.858. The molecule has 0 atom stereocenters. The summed E-state index contributed by atoms with van der Waals surface area (Å²) in [6, 6.07) is 17.2. The number of nitrogens with zero attached hydrogens (tertiary/aromatic N) is 2. The zero-order chi connectivity index (χ0) is 18.8. The van der Waals surface area contributed by atoms with Gasteiger partial charge in [-0.3, -0.25) is 0 Å². The van der Waals surface area contributed by atoms with Crippen molar-refractivity contribution in [3.63, 3.8) is 0 Å². The van der Waals surface area contributed by atoms with Crippen LogP contribution in [0.5, 0.6) is 0 Å². The van der Waals surface area contributed by atoms with Crippen LogP contribution in [0.25, 0.3) is 5.57 Å². The summed E-state index contributed by atoms with van der Waals surface area (Å²) in [6.45, 7) is 3.85. The molecule has 2 aromatic rings. The minimum Gasteiger partial charge on any atom is -0.478 e. The summed E-state index contributed by atoms with van der Waals surface area (Å²) in [4.78, 5) is 11.4. The quantitative estimate of drug-likeness (QED) is 0.303. The van der Waals surface area contributed by atoms with Gasteiger partial charge in [0.25, 0.3) is 0 Å². The number of carbonyl (C=O) groups is 1. The number of hydrogen-bond donors (Lipinski definition) is 1. The van der Waals surface area contributed by atoms with Gasteiger partial charge >= 0.3 is 5.97 Å². The van der Waals surface area contributed by atoms with E-state index < -0.39 is 5.97 Å². The van der Waals surface area contributed by atoms with Crippen molar-refractivity contribution in [1.29, 1.82) is 0 Å². The number of unbranched alkanes of at least 4 members (excludes halogenated alkanes) is 3. The molecule has 0 aliphatic rings. The third-order valence-corrected chi connectivity index (χ3v) is 4.31. The van der Waals surface area contributed by atoms with Gasteiger partial charge in [-0.1, -0.05) is 56.5 Å². The van der Waals surface area contributed by atoms with Crippen LogP contribution in [0.3, 0.4) is 0 Å². The van der Waals surface area contributed by atoms with E-state index in [1.54, 1.807) is 6.92 Å². The van der Waals surface area contributed by atoms with Crippen molar-refractivity contribution in [2.24, 2.45) is 10.2 Å². The fourth-order valence-electron chi connectivity index (χ4n) is 2.75. The molecule has 1 N–H and O–H groups in total. The van der Waals surface area contributed by atoms with Gasteiger partial charge in [0.2, 0.25) is 0 Å². The molecule has 0 saturated heterocycles. The number of rotatable bonds is 9. The Hall–Kier alpha value is -2.75. The molecule has 0 aliphatic heterocycles. The molecule has 0 unspecified atom stereocenters. The Kier molecular flexibility index (Phi) is 7.75. The first-order valence-corrected chi connectivity index (χ1v) is 9.12. The average molecular weight is 350 g/mol. The van der Waals surface area contributed by atoms with Crippen LogP contribution in [0.15, 0.2) is 70.4 Å². The van der Waals surface area contributed by atoms with Crippen LogP contribution in [0.4, 0.5) is 11.4 Å². The van der Waals surface area contributed by atoms with Crippen molar-refractivity contribution in [1.82, 2.24) is 0 Å². The lowest BCUT2D eigenvalue weighted by Crippen LogP contribution is -2.01. The van der Waals surface area contributed by atoms with Gasteiger partial charge in [0.15, 0.2) is 0 Å². The Morgan fingerprint density at radius 2 is 1.50 bits per heavy atom. The van der Waals surface area contributed by atoms with Crippen LogP contribution in [0.1, 0.15) is 51.5 Å². The Balaban J connectivity index is 2.15. The van der Waals surface area contributed by atoms with E-state index in [4.69, 9.17) is 0 Å². The Morgan fingerprint density at radius 1 is 0.885 bits per heavy atom. The highest BCUT2D eigenvalue weighted by Crippen LogP contribution is 2.28. The van der Waals surface area contributed by atoms with E-state index in [9.17, 15) is 9.90 Å². The van der Waals surface area contributed by atoms with E-state index in [1.807, 2.05) is 54.6 Å². The maximum absolute atomic E-state index is 11.4. The molecule has 4 heteroatoms. The number of carboxylic acids is 1. The van der Waals surface area contributed by atoms with Gasteiger partial charge < -0.3 is 5.11 Å². The van der Waals surface area contributed by atoms with Gasteiger partial charge in [-0.05, 0) is 55.2 Å². The van der Waals surface area contributed by atoms with E-state index in [-0.39, 0.29) is 0 Å². The van der Waals surface area contributed by atoms with Crippen molar-refractivity contribution < 1.29 is 9.90 Å². The van der Waals surface area contributed by atoms with Crippen LogP contribution < -0.4 is 0 Å². The molecule has 4 nitrogen and oxygen atoms in total. The first-order valence-electron chi connectivity index (χ1n) is 9.12. The molecule has 0 aromatic heterocycles. The molecular formula is C22H26N2O2. The predicted octanol–water partition coefficient (Wildman–Crippen LogP) is 6.93. The summed E-state index contributed by atoms with van der Waals surface area (Å²) in [6.07, 6.45) is 5.25. The van der Waals surface area contributed by atoms with Crippen LogP contribution in [-0.4, -0.2) is 11.1 Å². The van der Waals surface area contributed by atoms with E-state index in [0.29, 0.717) is 5.57 Å². The molecule has 26 heavy (non-hydrogen) atoms. The Morgan fingerprint density at radius 3 is 2.08 bits per heavy atom. The molecule has 0 aliphatic carbocycles. The fraction of sp³-hybridized carbons (Fsp3) is 0.318. The largest absolute Gasteiger partial charge is 0.478 e. The summed E-state index contributed by atoms with van der Waals surface area (Å²) in [5, 5.41) is 17.8. The second-order valence-corrected chi connectivity index (χ2v) is 6.30. The lowest BCUT2D eigenvalue weighted by atomic mass is 9.95. The smallest absolute Gasteiger partial charge is 0.331 e. The number of allylic oxidation sites excluding steroid dienone is 1. The monoisotopic (exact) mass is 350 g/mol. The number of hydrogen-bond acceptors (Lipinski definition) is 3. The first kappa shape index (κ1) is 19.6. The summed E-state index contributed by atoms with van der Waals surface area (Å²) >= 11 is 0. The van der Waals surface area contributed by atoms with Crippen LogP contribution in [-0.2, 0) is 4.79 Å². The molecular weight excluding hydrogens is 324 g/mol. The second-order valence-electron chi connectivity index (χ2n) is 6.30. The lowest BCUT2D eigenvalue weighted by Gasteiger charge is -2.11. The number of aliphatic carboxylic acids is 1. The van der Waals surface area contributed by atoms with E-state index in [0.717, 1.165) is 48.2 Å². The molecule has 2 aromatic carbocycles. The topological polar surface area (TPSA) is 62.0 Å². The highest BCUT2D eigenvalue weighted by molar-refractivity contribution is 5.95. The van der Waals surface area contributed by atoms with E-state index in [1.165, 1.54) is 6.42 Å². The van der Waals surface area contributed by atoms with Gasteiger partial charge in [-0.15, -0.1) is 0 Å². The zero-order valence-electron chi connectivity index (χ0n) is 15.5. The molecule has 0 heterocycles. The number of carboxylic acid groups (broad SMARTS) is 1. The van der Waals surface area contributed by atoms with Gasteiger partial charge in [0, 0.05) is 5.57 Å². The Labute approximate surface area is 155 Å². The number of benzene rings is 2. The molecule has 0 saturated carbocycles. The lowest BCUT2D eigenvalue weighted by molar-refractivity contribution is -0.132. The second kappa shape index (κ2) is 10.3. The molecule has 2 rings (SSSR count). The third-order valence-electron chi connectivity index (χ3n) is 4.31. The molecule has 0 amide bonds. The van der Waals surface area contributed by atoms with Crippen molar-refractivity contribution >= 4 is 22.9 Å². The molecule has 0 spiro atoms. The predicted molar refractivity (Wildman–Crippen MR) is 106 cm³/mol. The minimum atomic E-state index is -0.858. The van der Waals surface area contributed by atoms with Gasteiger partial charge in [-0.2, -0.15) is 10.2 Å². The highest BCUT2D eigenvalue weighted by Gasteiger charge is 2.11. The van der Waals surface area contributed by atoms with Crippen molar-refractivity contribution in [2.75, 3.05) is 0 Å². The standard InChI is InChI=1S/C22H26N2O2/c1-3-4-5-9-12-21(17(2)22(25)26)18-13-15-20(16-14-18)24-23-19-10-7-6-8-11-19/h6-8,10-11,13-16H,3-5,9,12H2,1-2H3,(H,25,26). The van der Waals surface area contributed by atoms with E-state index in [2.05, 4.69) is 17.2 Å². The van der Waals surface area contributed by atoms with Crippen LogP contribution in [0, 0.1) is 0 Å². The fourth-order valence-corrected chi connectivity index (χ4v) is 2.75. The summed E-state index contributed by atoms with van der Waals surface area (Å²) in [5.41, 5.74) is 3.81. The molecule has 0 fully saturated rings. The molecule has 0 bridgehead atoms. The van der Waals surface area contributed by atoms with Gasteiger partial charge in [0.05, 0.1) is 11.4 Å². The maximum Gasteiger partial charge on any atom is 0.331 e. The van der Waals surface area contributed by atoms with E-state index >= 15 is 0 Å². The molecule has 0 radical (unpaired) electrons.